The Morgan fingerprint density at radius 2 is 2.25 bits per heavy atom. The molecular formula is C10H10N2. The molecule has 1 aromatic carbocycles. The van der Waals surface area contributed by atoms with Crippen LogP contribution in [0.5, 0.6) is 0 Å². The second-order valence-corrected chi connectivity index (χ2v) is 2.66. The first-order chi connectivity index (χ1) is 5.66. The van der Waals surface area contributed by atoms with E-state index in [2.05, 4.69) is 6.58 Å². The number of rotatable bonds is 1. The summed E-state index contributed by atoms with van der Waals surface area (Å²) in [7, 11) is 0. The zero-order chi connectivity index (χ0) is 9.14. The van der Waals surface area contributed by atoms with Gasteiger partial charge in [-0.15, -0.1) is 0 Å². The highest BCUT2D eigenvalue weighted by atomic mass is 14.6. The normalized spacial score (nSPS) is 9.00. The van der Waals surface area contributed by atoms with Gasteiger partial charge in [0.2, 0.25) is 0 Å². The molecule has 2 nitrogen and oxygen atoms in total. The quantitative estimate of drug-likeness (QED) is 0.637. The van der Waals surface area contributed by atoms with Crippen LogP contribution < -0.4 is 5.73 Å². The van der Waals surface area contributed by atoms with Crippen LogP contribution in [0.3, 0.4) is 0 Å². The van der Waals surface area contributed by atoms with Crippen LogP contribution in [0.4, 0.5) is 5.69 Å². The zero-order valence-electron chi connectivity index (χ0n) is 6.96. The van der Waals surface area contributed by atoms with Gasteiger partial charge >= 0.3 is 0 Å². The molecule has 0 aromatic heterocycles. The molecule has 0 atom stereocenters. The van der Waals surface area contributed by atoms with Crippen molar-refractivity contribution in [1.29, 1.82) is 5.26 Å². The first kappa shape index (κ1) is 8.35. The van der Waals surface area contributed by atoms with Gasteiger partial charge < -0.3 is 5.73 Å². The Balaban J connectivity index is 3.35. The van der Waals surface area contributed by atoms with E-state index < -0.39 is 0 Å². The van der Waals surface area contributed by atoms with E-state index in [1.165, 1.54) is 0 Å². The fourth-order valence-corrected chi connectivity index (χ4v) is 1.03. The van der Waals surface area contributed by atoms with Crippen LogP contribution in [0, 0.1) is 11.3 Å². The first-order valence-electron chi connectivity index (χ1n) is 3.61. The molecular weight excluding hydrogens is 148 g/mol. The van der Waals surface area contributed by atoms with Crippen LogP contribution >= 0.6 is 0 Å². The van der Waals surface area contributed by atoms with E-state index in [0.717, 1.165) is 11.1 Å². The fourth-order valence-electron chi connectivity index (χ4n) is 1.03. The summed E-state index contributed by atoms with van der Waals surface area (Å²) >= 11 is 0. The number of nitriles is 1. The number of anilines is 1. The summed E-state index contributed by atoms with van der Waals surface area (Å²) in [5, 5.41) is 8.66. The minimum Gasteiger partial charge on any atom is -0.397 e. The maximum absolute atomic E-state index is 8.66. The van der Waals surface area contributed by atoms with Crippen LogP contribution in [-0.2, 0) is 0 Å². The van der Waals surface area contributed by atoms with Gasteiger partial charge in [0.05, 0.1) is 11.3 Å². The molecule has 0 aliphatic rings. The molecule has 0 fully saturated rings. The first-order valence-corrected chi connectivity index (χ1v) is 3.61. The second kappa shape index (κ2) is 3.10. The summed E-state index contributed by atoms with van der Waals surface area (Å²) in [6.45, 7) is 5.64. The van der Waals surface area contributed by atoms with Gasteiger partial charge in [-0.1, -0.05) is 18.7 Å². The molecule has 1 rings (SSSR count). The molecule has 2 heteroatoms. The van der Waals surface area contributed by atoms with Gasteiger partial charge in [0.1, 0.15) is 6.07 Å². The van der Waals surface area contributed by atoms with Crippen molar-refractivity contribution >= 4 is 11.3 Å². The Morgan fingerprint density at radius 3 is 2.75 bits per heavy atom. The van der Waals surface area contributed by atoms with Crippen LogP contribution in [0.1, 0.15) is 18.1 Å². The summed E-state index contributed by atoms with van der Waals surface area (Å²) < 4.78 is 0. The number of allylic oxidation sites excluding steroid dienone is 1. The van der Waals surface area contributed by atoms with Gasteiger partial charge in [-0.25, -0.2) is 0 Å². The van der Waals surface area contributed by atoms with E-state index >= 15 is 0 Å². The highest BCUT2D eigenvalue weighted by molar-refractivity contribution is 5.76. The highest BCUT2D eigenvalue weighted by Crippen LogP contribution is 2.22. The fraction of sp³-hybridized carbons (Fsp3) is 0.100. The van der Waals surface area contributed by atoms with E-state index in [-0.39, 0.29) is 0 Å². The van der Waals surface area contributed by atoms with Crippen molar-refractivity contribution in [3.8, 4) is 6.07 Å². The molecule has 0 saturated heterocycles. The Bertz CT molecular complexity index is 359. The second-order valence-electron chi connectivity index (χ2n) is 2.66. The Labute approximate surface area is 71.9 Å². The molecule has 0 heterocycles. The zero-order valence-corrected chi connectivity index (χ0v) is 6.96. The van der Waals surface area contributed by atoms with E-state index in [0.29, 0.717) is 11.3 Å². The maximum atomic E-state index is 8.66. The molecule has 0 radical (unpaired) electrons. The van der Waals surface area contributed by atoms with Gasteiger partial charge in [0.25, 0.3) is 0 Å². The SMILES string of the molecule is C=C(C)c1cccc(C#N)c1N. The van der Waals surface area contributed by atoms with E-state index in [9.17, 15) is 0 Å². The molecule has 0 bridgehead atoms. The smallest absolute Gasteiger partial charge is 0.101 e. The predicted octanol–water partition coefficient (Wildman–Crippen LogP) is 2.17. The largest absolute Gasteiger partial charge is 0.397 e. The molecule has 2 N–H and O–H groups in total. The minimum absolute atomic E-state index is 0.510. The Kier molecular flexibility index (Phi) is 2.16. The number of nitrogen functional groups attached to an aromatic ring is 1. The van der Waals surface area contributed by atoms with Crippen molar-refractivity contribution in [3.05, 3.63) is 35.9 Å². The van der Waals surface area contributed by atoms with Crippen LogP contribution in [0.25, 0.3) is 5.57 Å². The molecule has 0 amide bonds. The monoisotopic (exact) mass is 158 g/mol. The lowest BCUT2D eigenvalue weighted by Crippen LogP contribution is -1.94. The lowest BCUT2D eigenvalue weighted by molar-refractivity contribution is 1.47. The number of hydrogen-bond acceptors (Lipinski definition) is 2. The molecule has 0 unspecified atom stereocenters. The lowest BCUT2D eigenvalue weighted by atomic mass is 10.0. The maximum Gasteiger partial charge on any atom is 0.101 e. The van der Waals surface area contributed by atoms with E-state index in [4.69, 9.17) is 11.0 Å². The molecule has 0 aliphatic heterocycles. The number of nitrogens with two attached hydrogens (primary N) is 1. The topological polar surface area (TPSA) is 49.8 Å². The van der Waals surface area contributed by atoms with Crippen LogP contribution in [0.2, 0.25) is 0 Å². The summed E-state index contributed by atoms with van der Waals surface area (Å²) in [6, 6.07) is 7.38. The third-order valence-electron chi connectivity index (χ3n) is 1.69. The molecule has 0 aliphatic carbocycles. The number of para-hydroxylation sites is 1. The summed E-state index contributed by atoms with van der Waals surface area (Å²) in [4.78, 5) is 0. The third-order valence-corrected chi connectivity index (χ3v) is 1.69. The average Bonchev–Trinajstić information content (AvgIpc) is 2.04. The van der Waals surface area contributed by atoms with Crippen molar-refractivity contribution < 1.29 is 0 Å². The summed E-state index contributed by atoms with van der Waals surface area (Å²) in [6.07, 6.45) is 0. The van der Waals surface area contributed by atoms with Gasteiger partial charge in [0.15, 0.2) is 0 Å². The Hall–Kier alpha value is -1.75. The van der Waals surface area contributed by atoms with Crippen molar-refractivity contribution in [3.63, 3.8) is 0 Å². The number of benzene rings is 1. The van der Waals surface area contributed by atoms with Crippen molar-refractivity contribution in [2.75, 3.05) is 5.73 Å². The number of hydrogen-bond donors (Lipinski definition) is 1. The van der Waals surface area contributed by atoms with Crippen molar-refractivity contribution in [2.45, 2.75) is 6.92 Å². The predicted molar refractivity (Wildman–Crippen MR) is 50.3 cm³/mol. The Morgan fingerprint density at radius 1 is 1.58 bits per heavy atom. The van der Waals surface area contributed by atoms with Gasteiger partial charge in [-0.3, -0.25) is 0 Å². The molecule has 0 spiro atoms. The van der Waals surface area contributed by atoms with Gasteiger partial charge in [0, 0.05) is 5.56 Å². The van der Waals surface area contributed by atoms with Crippen molar-refractivity contribution in [2.24, 2.45) is 0 Å². The van der Waals surface area contributed by atoms with Crippen LogP contribution in [-0.4, -0.2) is 0 Å². The summed E-state index contributed by atoms with van der Waals surface area (Å²) in [5.74, 6) is 0. The van der Waals surface area contributed by atoms with Crippen LogP contribution in [0.15, 0.2) is 24.8 Å². The van der Waals surface area contributed by atoms with E-state index in [1.54, 1.807) is 12.1 Å². The lowest BCUT2D eigenvalue weighted by Gasteiger charge is -2.04. The van der Waals surface area contributed by atoms with Crippen molar-refractivity contribution in [1.82, 2.24) is 0 Å². The van der Waals surface area contributed by atoms with E-state index in [1.807, 2.05) is 19.1 Å². The average molecular weight is 158 g/mol. The molecule has 60 valence electrons. The third kappa shape index (κ3) is 1.30. The number of nitrogens with zero attached hydrogens (tertiary/aromatic N) is 1. The standard InChI is InChI=1S/C10H10N2/c1-7(2)9-5-3-4-8(6-11)10(9)12/h3-5H,1,12H2,2H3. The van der Waals surface area contributed by atoms with Gasteiger partial charge in [-0.05, 0) is 18.6 Å². The molecule has 12 heavy (non-hydrogen) atoms. The molecule has 1 aromatic rings. The summed E-state index contributed by atoms with van der Waals surface area (Å²) in [5.41, 5.74) is 8.48. The highest BCUT2D eigenvalue weighted by Gasteiger charge is 2.03. The van der Waals surface area contributed by atoms with Gasteiger partial charge in [-0.2, -0.15) is 5.26 Å². The molecule has 0 saturated carbocycles. The minimum atomic E-state index is 0.510.